The maximum absolute atomic E-state index is 13.0. The maximum atomic E-state index is 13.0. The Bertz CT molecular complexity index is 678. The molecule has 2 rings (SSSR count). The zero-order valence-electron chi connectivity index (χ0n) is 12.1. The zero-order chi connectivity index (χ0) is 16.1. The second-order valence-electron chi connectivity index (χ2n) is 4.52. The molecule has 0 radical (unpaired) electrons. The molecule has 6 heteroatoms. The van der Waals surface area contributed by atoms with E-state index in [0.717, 1.165) is 0 Å². The second-order valence-corrected chi connectivity index (χ2v) is 5.38. The molecule has 22 heavy (non-hydrogen) atoms. The first-order valence-corrected chi connectivity index (χ1v) is 7.36. The number of carbonyl (C=O) groups excluding carboxylic acids is 1. The summed E-state index contributed by atoms with van der Waals surface area (Å²) in [6.07, 6.45) is -0.758. The number of ether oxygens (including phenoxy) is 2. The summed E-state index contributed by atoms with van der Waals surface area (Å²) in [5, 5.41) is 2.73. The van der Waals surface area contributed by atoms with Gasteiger partial charge in [0.05, 0.1) is 17.3 Å². The van der Waals surface area contributed by atoms with Crippen molar-refractivity contribution in [2.24, 2.45) is 0 Å². The van der Waals surface area contributed by atoms with Crippen molar-refractivity contribution in [2.75, 3.05) is 12.4 Å². The van der Waals surface area contributed by atoms with Crippen molar-refractivity contribution >= 4 is 27.5 Å². The summed E-state index contributed by atoms with van der Waals surface area (Å²) >= 11 is 3.20. The highest BCUT2D eigenvalue weighted by atomic mass is 79.9. The number of amides is 1. The molecule has 0 fully saturated rings. The van der Waals surface area contributed by atoms with Gasteiger partial charge >= 0.3 is 0 Å². The molecule has 0 aliphatic heterocycles. The number of anilines is 1. The molecule has 0 saturated heterocycles. The largest absolute Gasteiger partial charge is 0.495 e. The molecule has 0 saturated carbocycles. The fourth-order valence-electron chi connectivity index (χ4n) is 1.80. The average molecular weight is 368 g/mol. The summed E-state index contributed by atoms with van der Waals surface area (Å²) in [7, 11) is 1.53. The van der Waals surface area contributed by atoms with Crippen LogP contribution in [0.15, 0.2) is 46.9 Å². The lowest BCUT2D eigenvalue weighted by molar-refractivity contribution is -0.122. The standard InChI is InChI=1S/C16H15BrFNO3/c1-10(22-14-8-7-11(18)9-12(14)17)16(20)19-13-5-3-4-6-15(13)21-2/h3-10H,1-2H3,(H,19,20)/t10-/m0/s1. The van der Waals surface area contributed by atoms with E-state index in [1.54, 1.807) is 25.1 Å². The SMILES string of the molecule is COc1ccccc1NC(=O)[C@H](C)Oc1ccc(F)cc1Br. The third-order valence-corrected chi connectivity index (χ3v) is 3.55. The van der Waals surface area contributed by atoms with E-state index in [0.29, 0.717) is 21.7 Å². The van der Waals surface area contributed by atoms with E-state index < -0.39 is 6.10 Å². The van der Waals surface area contributed by atoms with Crippen molar-refractivity contribution in [3.05, 3.63) is 52.8 Å². The van der Waals surface area contributed by atoms with Crippen molar-refractivity contribution in [3.63, 3.8) is 0 Å². The molecule has 1 atom stereocenters. The number of benzene rings is 2. The summed E-state index contributed by atoms with van der Waals surface area (Å²) in [5.41, 5.74) is 0.559. The van der Waals surface area contributed by atoms with Gasteiger partial charge in [-0.1, -0.05) is 12.1 Å². The van der Waals surface area contributed by atoms with Crippen molar-refractivity contribution < 1.29 is 18.7 Å². The molecule has 116 valence electrons. The third kappa shape index (κ3) is 3.98. The number of methoxy groups -OCH3 is 1. The van der Waals surface area contributed by atoms with Crippen LogP contribution in [-0.2, 0) is 4.79 Å². The Balaban J connectivity index is 2.06. The van der Waals surface area contributed by atoms with Gasteiger partial charge in [0, 0.05) is 0 Å². The number of hydrogen-bond acceptors (Lipinski definition) is 3. The Morgan fingerprint density at radius 3 is 2.64 bits per heavy atom. The number of para-hydroxylation sites is 2. The van der Waals surface area contributed by atoms with Crippen molar-refractivity contribution in [2.45, 2.75) is 13.0 Å². The van der Waals surface area contributed by atoms with Gasteiger partial charge in [-0.15, -0.1) is 0 Å². The molecule has 2 aromatic rings. The first-order valence-electron chi connectivity index (χ1n) is 6.57. The molecular weight excluding hydrogens is 353 g/mol. The lowest BCUT2D eigenvalue weighted by Gasteiger charge is -2.16. The van der Waals surface area contributed by atoms with E-state index in [-0.39, 0.29) is 11.7 Å². The zero-order valence-corrected chi connectivity index (χ0v) is 13.7. The number of carbonyl (C=O) groups is 1. The van der Waals surface area contributed by atoms with Gasteiger partial charge in [-0.05, 0) is 53.2 Å². The first kappa shape index (κ1) is 16.3. The van der Waals surface area contributed by atoms with Gasteiger partial charge in [0.1, 0.15) is 17.3 Å². The Morgan fingerprint density at radius 1 is 1.23 bits per heavy atom. The summed E-state index contributed by atoms with van der Waals surface area (Å²) in [6.45, 7) is 1.61. The second kappa shape index (κ2) is 7.26. The Kier molecular flexibility index (Phi) is 5.38. The molecule has 1 amide bonds. The van der Waals surface area contributed by atoms with E-state index >= 15 is 0 Å². The molecule has 0 spiro atoms. The predicted molar refractivity (Wildman–Crippen MR) is 85.8 cm³/mol. The van der Waals surface area contributed by atoms with Crippen LogP contribution in [0.4, 0.5) is 10.1 Å². The molecule has 0 aliphatic carbocycles. The van der Waals surface area contributed by atoms with Gasteiger partial charge < -0.3 is 14.8 Å². The predicted octanol–water partition coefficient (Wildman–Crippen LogP) is 4.00. The van der Waals surface area contributed by atoms with Crippen LogP contribution in [0.25, 0.3) is 0 Å². The number of hydrogen-bond donors (Lipinski definition) is 1. The Labute approximate surface area is 136 Å². The summed E-state index contributed by atoms with van der Waals surface area (Å²) in [5.74, 6) is 0.237. The summed E-state index contributed by atoms with van der Waals surface area (Å²) < 4.78 is 24.2. The normalized spacial score (nSPS) is 11.6. The fraction of sp³-hybridized carbons (Fsp3) is 0.188. The van der Waals surface area contributed by atoms with Crippen LogP contribution in [-0.4, -0.2) is 19.1 Å². The molecule has 4 nitrogen and oxygen atoms in total. The van der Waals surface area contributed by atoms with Gasteiger partial charge in [0.25, 0.3) is 5.91 Å². The van der Waals surface area contributed by atoms with Crippen molar-refractivity contribution in [1.82, 2.24) is 0 Å². The number of nitrogens with one attached hydrogen (secondary N) is 1. The molecule has 0 aromatic heterocycles. The van der Waals surface area contributed by atoms with E-state index in [2.05, 4.69) is 21.2 Å². The topological polar surface area (TPSA) is 47.6 Å². The monoisotopic (exact) mass is 367 g/mol. The van der Waals surface area contributed by atoms with Gasteiger partial charge in [0.15, 0.2) is 6.10 Å². The quantitative estimate of drug-likeness (QED) is 0.868. The summed E-state index contributed by atoms with van der Waals surface area (Å²) in [4.78, 5) is 12.2. The van der Waals surface area contributed by atoms with Crippen LogP contribution in [0.1, 0.15) is 6.92 Å². The van der Waals surface area contributed by atoms with Gasteiger partial charge in [0.2, 0.25) is 0 Å². The minimum absolute atomic E-state index is 0.333. The highest BCUT2D eigenvalue weighted by Crippen LogP contribution is 2.27. The molecule has 2 aromatic carbocycles. The minimum Gasteiger partial charge on any atom is -0.495 e. The fourth-order valence-corrected chi connectivity index (χ4v) is 2.24. The maximum Gasteiger partial charge on any atom is 0.265 e. The highest BCUT2D eigenvalue weighted by molar-refractivity contribution is 9.10. The molecule has 1 N–H and O–H groups in total. The third-order valence-electron chi connectivity index (χ3n) is 2.93. The van der Waals surface area contributed by atoms with Crippen LogP contribution < -0.4 is 14.8 Å². The van der Waals surface area contributed by atoms with Gasteiger partial charge in [-0.3, -0.25) is 4.79 Å². The van der Waals surface area contributed by atoms with E-state index in [1.807, 2.05) is 6.07 Å². The number of halogens is 2. The molecule has 0 heterocycles. The first-order chi connectivity index (χ1) is 10.5. The molecule has 0 aliphatic rings. The van der Waals surface area contributed by atoms with Gasteiger partial charge in [-0.25, -0.2) is 4.39 Å². The molecular formula is C16H15BrFNO3. The minimum atomic E-state index is -0.758. The van der Waals surface area contributed by atoms with Crippen LogP contribution in [0.3, 0.4) is 0 Å². The Morgan fingerprint density at radius 2 is 1.95 bits per heavy atom. The van der Waals surface area contributed by atoms with Crippen LogP contribution in [0.5, 0.6) is 11.5 Å². The number of rotatable bonds is 5. The van der Waals surface area contributed by atoms with E-state index in [1.165, 1.54) is 25.3 Å². The van der Waals surface area contributed by atoms with E-state index in [9.17, 15) is 9.18 Å². The smallest absolute Gasteiger partial charge is 0.265 e. The van der Waals surface area contributed by atoms with E-state index in [4.69, 9.17) is 9.47 Å². The van der Waals surface area contributed by atoms with Gasteiger partial charge in [-0.2, -0.15) is 0 Å². The average Bonchev–Trinajstić information content (AvgIpc) is 2.50. The Hall–Kier alpha value is -2.08. The van der Waals surface area contributed by atoms with Crippen molar-refractivity contribution in [1.29, 1.82) is 0 Å². The lowest BCUT2D eigenvalue weighted by Crippen LogP contribution is -2.30. The molecule has 0 bridgehead atoms. The highest BCUT2D eigenvalue weighted by Gasteiger charge is 2.17. The van der Waals surface area contributed by atoms with Crippen LogP contribution >= 0.6 is 15.9 Å². The molecule has 0 unspecified atom stereocenters. The van der Waals surface area contributed by atoms with Crippen LogP contribution in [0.2, 0.25) is 0 Å². The summed E-state index contributed by atoms with van der Waals surface area (Å²) in [6, 6.07) is 11.1. The van der Waals surface area contributed by atoms with Crippen LogP contribution in [0, 0.1) is 5.82 Å². The lowest BCUT2D eigenvalue weighted by atomic mass is 10.2. The van der Waals surface area contributed by atoms with Crippen molar-refractivity contribution in [3.8, 4) is 11.5 Å².